The Labute approximate surface area is 69.0 Å². The first-order valence-corrected chi connectivity index (χ1v) is 4.03. The quantitative estimate of drug-likeness (QED) is 0.729. The third-order valence-corrected chi connectivity index (χ3v) is 2.21. The first-order valence-electron chi connectivity index (χ1n) is 4.03. The zero-order valence-electron chi connectivity index (χ0n) is 6.77. The molecular weight excluding hydrogens is 162 g/mol. The summed E-state index contributed by atoms with van der Waals surface area (Å²) in [7, 11) is 0. The second-order valence-corrected chi connectivity index (χ2v) is 3.22. The van der Waals surface area contributed by atoms with E-state index in [9.17, 15) is 8.78 Å². The number of rotatable bonds is 2. The summed E-state index contributed by atoms with van der Waals surface area (Å²) in [6.45, 7) is 1.64. The number of nitrogens with zero attached hydrogens (tertiary/aromatic N) is 1. The van der Waals surface area contributed by atoms with Crippen molar-refractivity contribution in [2.45, 2.75) is 32.1 Å². The molecule has 1 aliphatic carbocycles. The zero-order valence-corrected chi connectivity index (χ0v) is 6.77. The Bertz CT molecular complexity index is 289. The van der Waals surface area contributed by atoms with Crippen LogP contribution in [0.25, 0.3) is 0 Å². The molecule has 1 heterocycles. The number of alkyl halides is 2. The van der Waals surface area contributed by atoms with Gasteiger partial charge in [-0.3, -0.25) is 5.10 Å². The Kier molecular flexibility index (Phi) is 1.63. The molecule has 1 fully saturated rings. The molecule has 1 aromatic heterocycles. The first kappa shape index (κ1) is 7.71. The Morgan fingerprint density at radius 3 is 2.67 bits per heavy atom. The third kappa shape index (κ3) is 1.11. The van der Waals surface area contributed by atoms with E-state index in [0.717, 1.165) is 12.8 Å². The highest BCUT2D eigenvalue weighted by Gasteiger charge is 2.32. The molecule has 4 heteroatoms. The predicted molar refractivity (Wildman–Crippen MR) is 40.3 cm³/mol. The van der Waals surface area contributed by atoms with Crippen LogP contribution in [-0.4, -0.2) is 10.2 Å². The standard InChI is InChI=1S/C8H10F2N2/c1-4-6(8(9)10)7(12-11-4)5-2-3-5/h5,8H,2-3H2,1H3,(H,11,12). The highest BCUT2D eigenvalue weighted by molar-refractivity contribution is 5.30. The van der Waals surface area contributed by atoms with Crippen LogP contribution in [0, 0.1) is 6.92 Å². The first-order chi connectivity index (χ1) is 5.70. The van der Waals surface area contributed by atoms with Crippen molar-refractivity contribution in [1.82, 2.24) is 10.2 Å². The molecule has 0 amide bonds. The number of aromatic nitrogens is 2. The molecule has 66 valence electrons. The molecule has 0 unspecified atom stereocenters. The molecule has 1 N–H and O–H groups in total. The van der Waals surface area contributed by atoms with Crippen molar-refractivity contribution in [3.63, 3.8) is 0 Å². The fraction of sp³-hybridized carbons (Fsp3) is 0.625. The number of nitrogens with one attached hydrogen (secondary N) is 1. The van der Waals surface area contributed by atoms with Gasteiger partial charge in [-0.05, 0) is 19.8 Å². The molecule has 1 saturated carbocycles. The Morgan fingerprint density at radius 1 is 1.50 bits per heavy atom. The van der Waals surface area contributed by atoms with Crippen molar-refractivity contribution in [2.75, 3.05) is 0 Å². The maximum atomic E-state index is 12.4. The molecule has 1 aliphatic rings. The smallest absolute Gasteiger partial charge is 0.267 e. The van der Waals surface area contributed by atoms with Crippen LogP contribution in [-0.2, 0) is 0 Å². The molecule has 0 spiro atoms. The number of H-pyrrole nitrogens is 1. The number of aryl methyl sites for hydroxylation is 1. The van der Waals surface area contributed by atoms with E-state index in [1.165, 1.54) is 0 Å². The highest BCUT2D eigenvalue weighted by atomic mass is 19.3. The average molecular weight is 172 g/mol. The number of halogens is 2. The van der Waals surface area contributed by atoms with Gasteiger partial charge in [-0.15, -0.1) is 0 Å². The van der Waals surface area contributed by atoms with Gasteiger partial charge in [0.05, 0.1) is 11.3 Å². The van der Waals surface area contributed by atoms with Crippen LogP contribution in [0.2, 0.25) is 0 Å². The van der Waals surface area contributed by atoms with Crippen molar-refractivity contribution in [2.24, 2.45) is 0 Å². The van der Waals surface area contributed by atoms with E-state index >= 15 is 0 Å². The minimum Gasteiger partial charge on any atom is -0.282 e. The van der Waals surface area contributed by atoms with Gasteiger partial charge in [-0.25, -0.2) is 8.78 Å². The number of hydrogen-bond donors (Lipinski definition) is 1. The van der Waals surface area contributed by atoms with Crippen molar-refractivity contribution in [3.05, 3.63) is 17.0 Å². The lowest BCUT2D eigenvalue weighted by Gasteiger charge is -1.99. The lowest BCUT2D eigenvalue weighted by molar-refractivity contribution is 0.149. The summed E-state index contributed by atoms with van der Waals surface area (Å²) in [4.78, 5) is 0. The van der Waals surface area contributed by atoms with Crippen LogP contribution < -0.4 is 0 Å². The van der Waals surface area contributed by atoms with Gasteiger partial charge in [0, 0.05) is 11.6 Å². The molecule has 1 aromatic rings. The summed E-state index contributed by atoms with van der Waals surface area (Å²) < 4.78 is 24.9. The summed E-state index contributed by atoms with van der Waals surface area (Å²) in [5, 5.41) is 6.50. The van der Waals surface area contributed by atoms with Crippen molar-refractivity contribution in [3.8, 4) is 0 Å². The van der Waals surface area contributed by atoms with E-state index in [4.69, 9.17) is 0 Å². The summed E-state index contributed by atoms with van der Waals surface area (Å²) in [6, 6.07) is 0. The van der Waals surface area contributed by atoms with Crippen LogP contribution in [0.15, 0.2) is 0 Å². The van der Waals surface area contributed by atoms with E-state index < -0.39 is 6.43 Å². The third-order valence-electron chi connectivity index (χ3n) is 2.21. The lowest BCUT2D eigenvalue weighted by Crippen LogP contribution is -1.91. The molecule has 0 aromatic carbocycles. The fourth-order valence-electron chi connectivity index (χ4n) is 1.40. The molecule has 2 nitrogen and oxygen atoms in total. The molecule has 12 heavy (non-hydrogen) atoms. The normalized spacial score (nSPS) is 17.3. The van der Waals surface area contributed by atoms with Gasteiger partial charge in [-0.2, -0.15) is 5.10 Å². The van der Waals surface area contributed by atoms with Crippen LogP contribution in [0.1, 0.15) is 42.1 Å². The summed E-state index contributed by atoms with van der Waals surface area (Å²) in [6.07, 6.45) is -0.382. The van der Waals surface area contributed by atoms with Crippen LogP contribution >= 0.6 is 0 Å². The largest absolute Gasteiger partial charge is 0.282 e. The minimum absolute atomic E-state index is 0.123. The van der Waals surface area contributed by atoms with Crippen LogP contribution in [0.4, 0.5) is 8.78 Å². The van der Waals surface area contributed by atoms with Gasteiger partial charge >= 0.3 is 0 Å². The van der Waals surface area contributed by atoms with Gasteiger partial charge in [0.25, 0.3) is 6.43 Å². The molecule has 0 radical (unpaired) electrons. The lowest BCUT2D eigenvalue weighted by atomic mass is 10.1. The average Bonchev–Trinajstić information content (AvgIpc) is 2.75. The predicted octanol–water partition coefficient (Wildman–Crippen LogP) is 2.53. The maximum absolute atomic E-state index is 12.4. The molecule has 0 aliphatic heterocycles. The molecule has 0 atom stereocenters. The topological polar surface area (TPSA) is 28.7 Å². The summed E-state index contributed by atoms with van der Waals surface area (Å²) >= 11 is 0. The second kappa shape index (κ2) is 2.54. The Balaban J connectivity index is 2.39. The molecule has 0 saturated heterocycles. The fourth-order valence-corrected chi connectivity index (χ4v) is 1.40. The monoisotopic (exact) mass is 172 g/mol. The van der Waals surface area contributed by atoms with E-state index in [1.54, 1.807) is 6.92 Å². The van der Waals surface area contributed by atoms with Gasteiger partial charge in [0.1, 0.15) is 0 Å². The van der Waals surface area contributed by atoms with Crippen LogP contribution in [0.5, 0.6) is 0 Å². The van der Waals surface area contributed by atoms with Crippen molar-refractivity contribution < 1.29 is 8.78 Å². The highest BCUT2D eigenvalue weighted by Crippen LogP contribution is 2.43. The van der Waals surface area contributed by atoms with E-state index in [0.29, 0.717) is 17.3 Å². The number of hydrogen-bond acceptors (Lipinski definition) is 1. The minimum atomic E-state index is -2.39. The Morgan fingerprint density at radius 2 is 2.17 bits per heavy atom. The Hall–Kier alpha value is -0.930. The van der Waals surface area contributed by atoms with E-state index in [2.05, 4.69) is 10.2 Å². The van der Waals surface area contributed by atoms with Gasteiger partial charge in [0.15, 0.2) is 0 Å². The molecular formula is C8H10F2N2. The summed E-state index contributed by atoms with van der Waals surface area (Å²) in [5.74, 6) is 0.291. The van der Waals surface area contributed by atoms with Gasteiger partial charge in [-0.1, -0.05) is 0 Å². The van der Waals surface area contributed by atoms with Crippen molar-refractivity contribution >= 4 is 0 Å². The van der Waals surface area contributed by atoms with E-state index in [1.807, 2.05) is 0 Å². The second-order valence-electron chi connectivity index (χ2n) is 3.22. The van der Waals surface area contributed by atoms with Gasteiger partial charge < -0.3 is 0 Å². The molecule has 2 rings (SSSR count). The maximum Gasteiger partial charge on any atom is 0.267 e. The number of aromatic amines is 1. The van der Waals surface area contributed by atoms with Crippen LogP contribution in [0.3, 0.4) is 0 Å². The van der Waals surface area contributed by atoms with Gasteiger partial charge in [0.2, 0.25) is 0 Å². The SMILES string of the molecule is Cc1[nH]nc(C2CC2)c1C(F)F. The van der Waals surface area contributed by atoms with E-state index in [-0.39, 0.29) is 5.56 Å². The van der Waals surface area contributed by atoms with Crippen molar-refractivity contribution in [1.29, 1.82) is 0 Å². The zero-order chi connectivity index (χ0) is 8.72. The summed E-state index contributed by atoms with van der Waals surface area (Å²) in [5.41, 5.74) is 1.21. The molecule has 0 bridgehead atoms.